The quantitative estimate of drug-likeness (QED) is 0.377. The van der Waals surface area contributed by atoms with Crippen molar-refractivity contribution in [3.05, 3.63) is 66.1 Å². The molecule has 4 rings (SSSR count). The molecule has 5 nitrogen and oxygen atoms in total. The first-order valence-corrected chi connectivity index (χ1v) is 10.1. The number of fused-ring (bicyclic) bond motifs is 1. The van der Waals surface area contributed by atoms with Crippen molar-refractivity contribution in [2.24, 2.45) is 0 Å². The normalized spacial score (nSPS) is 12.2. The number of benzene rings is 2. The molecule has 2 heterocycles. The first-order valence-electron chi connectivity index (χ1n) is 10.1. The highest BCUT2D eigenvalue weighted by Gasteiger charge is 2.30. The van der Waals surface area contributed by atoms with E-state index in [2.05, 4.69) is 34.6 Å². The molecule has 0 saturated carbocycles. The Morgan fingerprint density at radius 1 is 1.03 bits per heavy atom. The molecule has 0 radical (unpaired) electrons. The number of halogens is 3. The maximum atomic E-state index is 13.0. The SMILES string of the molecule is CCOCc1nc(-c2ccc3ccn(C(C)C)c3c2)n(-c2ccc(C(F)(F)F)cc2)n1. The Hall–Kier alpha value is -3.13. The van der Waals surface area contributed by atoms with E-state index in [1.807, 2.05) is 31.3 Å². The lowest BCUT2D eigenvalue weighted by molar-refractivity contribution is -0.137. The maximum absolute atomic E-state index is 13.0. The van der Waals surface area contributed by atoms with Gasteiger partial charge >= 0.3 is 6.18 Å². The summed E-state index contributed by atoms with van der Waals surface area (Å²) in [6.07, 6.45) is -2.35. The second-order valence-electron chi connectivity index (χ2n) is 7.54. The lowest BCUT2D eigenvalue weighted by atomic mass is 10.1. The van der Waals surface area contributed by atoms with Crippen molar-refractivity contribution < 1.29 is 17.9 Å². The van der Waals surface area contributed by atoms with Crippen molar-refractivity contribution in [2.75, 3.05) is 6.61 Å². The Labute approximate surface area is 178 Å². The summed E-state index contributed by atoms with van der Waals surface area (Å²) in [4.78, 5) is 4.63. The van der Waals surface area contributed by atoms with Crippen molar-refractivity contribution in [1.29, 1.82) is 0 Å². The van der Waals surface area contributed by atoms with Crippen LogP contribution in [0.5, 0.6) is 0 Å². The van der Waals surface area contributed by atoms with Crippen LogP contribution in [-0.4, -0.2) is 25.9 Å². The molecule has 4 aromatic rings. The molecular formula is C23H23F3N4O. The standard InChI is InChI=1S/C23H23F3N4O/c1-4-31-14-21-27-22(17-6-5-16-11-12-29(15(2)3)20(16)13-17)30(28-21)19-9-7-18(8-10-19)23(24,25)26/h5-13,15H,4,14H2,1-3H3. The van der Waals surface area contributed by atoms with Crippen molar-refractivity contribution >= 4 is 10.9 Å². The van der Waals surface area contributed by atoms with Crippen molar-refractivity contribution in [2.45, 2.75) is 39.6 Å². The number of hydrogen-bond acceptors (Lipinski definition) is 3. The topological polar surface area (TPSA) is 44.9 Å². The molecule has 0 fully saturated rings. The van der Waals surface area contributed by atoms with Crippen LogP contribution in [0.1, 0.15) is 38.2 Å². The number of ether oxygens (including phenoxy) is 1. The molecule has 2 aromatic carbocycles. The fourth-order valence-electron chi connectivity index (χ4n) is 3.51. The van der Waals surface area contributed by atoms with Gasteiger partial charge in [-0.05, 0) is 62.6 Å². The summed E-state index contributed by atoms with van der Waals surface area (Å²) in [7, 11) is 0. The third kappa shape index (κ3) is 4.20. The van der Waals surface area contributed by atoms with Crippen LogP contribution in [0.4, 0.5) is 13.2 Å². The first-order chi connectivity index (χ1) is 14.8. The van der Waals surface area contributed by atoms with Gasteiger partial charge in [0.25, 0.3) is 0 Å². The molecule has 2 aromatic heterocycles. The summed E-state index contributed by atoms with van der Waals surface area (Å²) in [6, 6.07) is 13.2. The Morgan fingerprint density at radius 2 is 1.77 bits per heavy atom. The number of hydrogen-bond donors (Lipinski definition) is 0. The largest absolute Gasteiger partial charge is 0.416 e. The minimum absolute atomic E-state index is 0.224. The number of rotatable bonds is 6. The average molecular weight is 428 g/mol. The summed E-state index contributed by atoms with van der Waals surface area (Å²) in [5, 5.41) is 5.61. The van der Waals surface area contributed by atoms with Gasteiger partial charge in [0, 0.05) is 29.9 Å². The van der Waals surface area contributed by atoms with Gasteiger partial charge in [-0.25, -0.2) is 9.67 Å². The molecule has 0 atom stereocenters. The molecule has 0 unspecified atom stereocenters. The zero-order valence-electron chi connectivity index (χ0n) is 17.5. The van der Waals surface area contributed by atoms with E-state index in [9.17, 15) is 13.2 Å². The fraction of sp³-hybridized carbons (Fsp3) is 0.304. The van der Waals surface area contributed by atoms with Gasteiger partial charge in [-0.1, -0.05) is 12.1 Å². The molecule has 0 aliphatic heterocycles. The van der Waals surface area contributed by atoms with E-state index in [0.29, 0.717) is 23.9 Å². The number of nitrogens with zero attached hydrogens (tertiary/aromatic N) is 4. The van der Waals surface area contributed by atoms with E-state index >= 15 is 0 Å². The van der Waals surface area contributed by atoms with E-state index in [4.69, 9.17) is 4.74 Å². The molecule has 0 N–H and O–H groups in total. The van der Waals surface area contributed by atoms with Gasteiger partial charge in [0.2, 0.25) is 0 Å². The van der Waals surface area contributed by atoms with E-state index in [0.717, 1.165) is 28.6 Å². The smallest absolute Gasteiger partial charge is 0.374 e. The van der Waals surface area contributed by atoms with Gasteiger partial charge in [0.1, 0.15) is 6.61 Å². The summed E-state index contributed by atoms with van der Waals surface area (Å²) in [6.45, 7) is 6.83. The number of aromatic nitrogens is 4. The van der Waals surface area contributed by atoms with Crippen LogP contribution in [0.15, 0.2) is 54.7 Å². The van der Waals surface area contributed by atoms with Crippen LogP contribution in [-0.2, 0) is 17.5 Å². The summed E-state index contributed by atoms with van der Waals surface area (Å²) in [5.41, 5.74) is 1.67. The second kappa shape index (κ2) is 8.19. The molecule has 0 aliphatic rings. The van der Waals surface area contributed by atoms with Crippen molar-refractivity contribution in [1.82, 2.24) is 19.3 Å². The highest BCUT2D eigenvalue weighted by Crippen LogP contribution is 2.31. The second-order valence-corrected chi connectivity index (χ2v) is 7.54. The van der Waals surface area contributed by atoms with E-state index in [1.54, 1.807) is 4.68 Å². The van der Waals surface area contributed by atoms with Gasteiger partial charge in [-0.2, -0.15) is 13.2 Å². The first kappa shape index (κ1) is 21.1. The third-order valence-electron chi connectivity index (χ3n) is 5.06. The van der Waals surface area contributed by atoms with Crippen LogP contribution in [0.2, 0.25) is 0 Å². The van der Waals surface area contributed by atoms with Gasteiger partial charge in [-0.3, -0.25) is 0 Å². The molecule has 0 aliphatic carbocycles. The van der Waals surface area contributed by atoms with Gasteiger partial charge in [0.05, 0.1) is 11.3 Å². The third-order valence-corrected chi connectivity index (χ3v) is 5.06. The molecule has 31 heavy (non-hydrogen) atoms. The predicted molar refractivity (Wildman–Crippen MR) is 113 cm³/mol. The van der Waals surface area contributed by atoms with Crippen LogP contribution < -0.4 is 0 Å². The molecule has 0 bridgehead atoms. The van der Waals surface area contributed by atoms with Gasteiger partial charge in [-0.15, -0.1) is 5.10 Å². The van der Waals surface area contributed by atoms with E-state index < -0.39 is 11.7 Å². The molecule has 0 saturated heterocycles. The Bertz CT molecular complexity index is 1190. The minimum Gasteiger partial charge on any atom is -0.374 e. The van der Waals surface area contributed by atoms with Crippen LogP contribution >= 0.6 is 0 Å². The zero-order valence-corrected chi connectivity index (χ0v) is 17.5. The Kier molecular flexibility index (Phi) is 5.58. The highest BCUT2D eigenvalue weighted by molar-refractivity contribution is 5.84. The molecular weight excluding hydrogens is 405 g/mol. The van der Waals surface area contributed by atoms with E-state index in [-0.39, 0.29) is 12.6 Å². The van der Waals surface area contributed by atoms with Crippen molar-refractivity contribution in [3.8, 4) is 17.1 Å². The molecule has 162 valence electrons. The van der Waals surface area contributed by atoms with Crippen LogP contribution in [0.25, 0.3) is 28.0 Å². The monoisotopic (exact) mass is 428 g/mol. The highest BCUT2D eigenvalue weighted by atomic mass is 19.4. The maximum Gasteiger partial charge on any atom is 0.416 e. The van der Waals surface area contributed by atoms with Crippen LogP contribution in [0, 0.1) is 0 Å². The Morgan fingerprint density at radius 3 is 2.42 bits per heavy atom. The van der Waals surface area contributed by atoms with Gasteiger partial charge in [0.15, 0.2) is 11.6 Å². The van der Waals surface area contributed by atoms with Gasteiger partial charge < -0.3 is 9.30 Å². The van der Waals surface area contributed by atoms with E-state index in [1.165, 1.54) is 12.1 Å². The molecule has 8 heteroatoms. The summed E-state index contributed by atoms with van der Waals surface area (Å²) >= 11 is 0. The lowest BCUT2D eigenvalue weighted by Crippen LogP contribution is -2.06. The molecule has 0 spiro atoms. The van der Waals surface area contributed by atoms with Crippen molar-refractivity contribution in [3.63, 3.8) is 0 Å². The zero-order chi connectivity index (χ0) is 22.2. The number of alkyl halides is 3. The lowest BCUT2D eigenvalue weighted by Gasteiger charge is -2.11. The Balaban J connectivity index is 1.82. The summed E-state index contributed by atoms with van der Waals surface area (Å²) in [5.74, 6) is 1.02. The predicted octanol–water partition coefficient (Wildman–Crippen LogP) is 6.03. The average Bonchev–Trinajstić information content (AvgIpc) is 3.35. The minimum atomic E-state index is -4.39. The summed E-state index contributed by atoms with van der Waals surface area (Å²) < 4.78 is 48.1. The fourth-order valence-corrected chi connectivity index (χ4v) is 3.51. The van der Waals surface area contributed by atoms with Crippen LogP contribution in [0.3, 0.4) is 0 Å². The molecule has 0 amide bonds.